The number of carbonyl (C=O) groups is 2. The molecule has 0 aliphatic rings. The summed E-state index contributed by atoms with van der Waals surface area (Å²) in [5, 5.41) is 12.4. The highest BCUT2D eigenvalue weighted by Gasteiger charge is 2.42. The zero-order valence-corrected chi connectivity index (χ0v) is 21.3. The molecule has 0 fully saturated rings. The fourth-order valence-corrected chi connectivity index (χ4v) is 3.02. The predicted octanol–water partition coefficient (Wildman–Crippen LogP) is 4.53. The van der Waals surface area contributed by atoms with Crippen molar-refractivity contribution in [2.75, 3.05) is 27.7 Å². The first-order valence-corrected chi connectivity index (χ1v) is 10.9. The van der Waals surface area contributed by atoms with Crippen molar-refractivity contribution in [2.45, 2.75) is 86.2 Å². The molecule has 0 aliphatic carbocycles. The first-order chi connectivity index (χ1) is 13.7. The molecule has 0 rings (SSSR count). The molecule has 6 heteroatoms. The highest BCUT2D eigenvalue weighted by molar-refractivity contribution is 5.92. The van der Waals surface area contributed by atoms with Gasteiger partial charge in [-0.2, -0.15) is 0 Å². The fourth-order valence-electron chi connectivity index (χ4n) is 3.02. The zero-order chi connectivity index (χ0) is 24.3. The highest BCUT2D eigenvalue weighted by atomic mass is 16.3. The Morgan fingerprint density at radius 3 is 1.80 bits per heavy atom. The van der Waals surface area contributed by atoms with Crippen LogP contribution in [0.3, 0.4) is 0 Å². The van der Waals surface area contributed by atoms with Crippen molar-refractivity contribution in [3.63, 3.8) is 0 Å². The van der Waals surface area contributed by atoms with Gasteiger partial charge in [-0.05, 0) is 44.8 Å². The second kappa shape index (κ2) is 13.5. The van der Waals surface area contributed by atoms with Crippen LogP contribution in [0.15, 0.2) is 24.0 Å². The maximum atomic E-state index is 13.1. The summed E-state index contributed by atoms with van der Waals surface area (Å²) in [6, 6.07) is -0.654. The van der Waals surface area contributed by atoms with Gasteiger partial charge in [0.2, 0.25) is 11.8 Å². The lowest BCUT2D eigenvalue weighted by Gasteiger charge is -2.40. The molecule has 0 aromatic rings. The third kappa shape index (κ3) is 8.90. The molecule has 0 aromatic heterocycles. The van der Waals surface area contributed by atoms with Crippen LogP contribution in [-0.4, -0.2) is 66.0 Å². The molecular formula is C24H47N3O3. The molecule has 0 aliphatic heterocycles. The van der Waals surface area contributed by atoms with Gasteiger partial charge in [-0.3, -0.25) is 14.5 Å². The minimum absolute atomic E-state index is 0.0156. The van der Waals surface area contributed by atoms with Gasteiger partial charge in [-0.15, -0.1) is 0 Å². The van der Waals surface area contributed by atoms with Crippen LogP contribution in [0.25, 0.3) is 0 Å². The fraction of sp³-hybridized carbons (Fsp3) is 0.750. The van der Waals surface area contributed by atoms with Crippen molar-refractivity contribution in [1.82, 2.24) is 15.1 Å². The number of aliphatic hydroxyl groups is 1. The minimum Gasteiger partial charge on any atom is -0.508 e. The average molecular weight is 426 g/mol. The molecule has 0 saturated carbocycles. The molecule has 0 heterocycles. The van der Waals surface area contributed by atoms with Crippen LogP contribution in [0.1, 0.15) is 74.7 Å². The van der Waals surface area contributed by atoms with Crippen LogP contribution in [0.4, 0.5) is 0 Å². The van der Waals surface area contributed by atoms with E-state index in [1.165, 1.54) is 6.42 Å². The summed E-state index contributed by atoms with van der Waals surface area (Å²) in [5.41, 5.74) is -0.470. The van der Waals surface area contributed by atoms with E-state index in [2.05, 4.69) is 25.7 Å². The van der Waals surface area contributed by atoms with Gasteiger partial charge >= 0.3 is 0 Å². The van der Waals surface area contributed by atoms with Crippen molar-refractivity contribution >= 4 is 11.8 Å². The molecule has 0 bridgehead atoms. The third-order valence-corrected chi connectivity index (χ3v) is 5.34. The predicted molar refractivity (Wildman–Crippen MR) is 128 cm³/mol. The third-order valence-electron chi connectivity index (χ3n) is 5.34. The Labute approximate surface area is 185 Å². The van der Waals surface area contributed by atoms with Gasteiger partial charge in [0.15, 0.2) is 0 Å². The normalized spacial score (nSPS) is 13.3. The highest BCUT2D eigenvalue weighted by Crippen LogP contribution is 2.26. The lowest BCUT2D eigenvalue weighted by Crippen LogP contribution is -2.62. The summed E-state index contributed by atoms with van der Waals surface area (Å²) in [5.74, 6) is -0.309. The number of amides is 2. The number of carbonyl (C=O) groups excluding carboxylic acids is 2. The summed E-state index contributed by atoms with van der Waals surface area (Å²) < 4.78 is 0. The standard InChI is InChI=1S/C21H39N3O3.C3H8/c1-11-21(12-2,23(8)9)19(27)22-17(20(5,6)7)18(26)24(10)14-13-15(3)16(4)25;1-3-2/h13,17,25H,4,11-12,14H2,1-3,5-10H3,(H,22,27);3H2,1-2H3/b15-13+;. The second-order valence-corrected chi connectivity index (χ2v) is 9.17. The number of hydrogen-bond acceptors (Lipinski definition) is 4. The second-order valence-electron chi connectivity index (χ2n) is 9.17. The van der Waals surface area contributed by atoms with E-state index in [9.17, 15) is 14.7 Å². The number of nitrogens with one attached hydrogen (secondary N) is 1. The molecule has 0 aromatic carbocycles. The molecule has 0 saturated heterocycles. The van der Waals surface area contributed by atoms with Crippen LogP contribution >= 0.6 is 0 Å². The number of rotatable bonds is 9. The first kappa shape index (κ1) is 30.4. The Kier molecular flexibility index (Phi) is 13.6. The lowest BCUT2D eigenvalue weighted by molar-refractivity contribution is -0.142. The topological polar surface area (TPSA) is 72.9 Å². The largest absolute Gasteiger partial charge is 0.508 e. The minimum atomic E-state index is -0.654. The summed E-state index contributed by atoms with van der Waals surface area (Å²) in [6.45, 7) is 19.6. The van der Waals surface area contributed by atoms with Crippen molar-refractivity contribution in [1.29, 1.82) is 0 Å². The van der Waals surface area contributed by atoms with Gasteiger partial charge in [0.05, 0.1) is 5.54 Å². The SMILES string of the molecule is C=C(O)/C(C)=C/CN(C)C(=O)C(NC(=O)C(CC)(CC)N(C)C)C(C)(C)C.CCC. The van der Waals surface area contributed by atoms with E-state index in [0.717, 1.165) is 0 Å². The van der Waals surface area contributed by atoms with Crippen molar-refractivity contribution in [3.8, 4) is 0 Å². The molecule has 6 nitrogen and oxygen atoms in total. The van der Waals surface area contributed by atoms with Crippen molar-refractivity contribution < 1.29 is 14.7 Å². The molecule has 30 heavy (non-hydrogen) atoms. The maximum Gasteiger partial charge on any atom is 0.245 e. The van der Waals surface area contributed by atoms with E-state index < -0.39 is 17.0 Å². The van der Waals surface area contributed by atoms with Crippen molar-refractivity contribution in [3.05, 3.63) is 24.0 Å². The molecule has 2 amide bonds. The number of nitrogens with zero attached hydrogens (tertiary/aromatic N) is 2. The van der Waals surface area contributed by atoms with Crippen LogP contribution in [0.5, 0.6) is 0 Å². The Morgan fingerprint density at radius 2 is 1.50 bits per heavy atom. The number of allylic oxidation sites excluding steroid dienone is 1. The number of aliphatic hydroxyl groups excluding tert-OH is 1. The zero-order valence-electron chi connectivity index (χ0n) is 21.3. The van der Waals surface area contributed by atoms with Gasteiger partial charge in [-0.25, -0.2) is 0 Å². The van der Waals surface area contributed by atoms with E-state index in [1.807, 2.05) is 53.6 Å². The van der Waals surface area contributed by atoms with Crippen LogP contribution in [-0.2, 0) is 9.59 Å². The number of likely N-dealkylation sites (N-methyl/N-ethyl adjacent to an activating group) is 2. The van der Waals surface area contributed by atoms with E-state index in [0.29, 0.717) is 25.0 Å². The lowest BCUT2D eigenvalue weighted by atomic mass is 9.83. The van der Waals surface area contributed by atoms with Gasteiger partial charge in [0.1, 0.15) is 11.8 Å². The van der Waals surface area contributed by atoms with Crippen LogP contribution < -0.4 is 5.32 Å². The Hall–Kier alpha value is -1.82. The van der Waals surface area contributed by atoms with Crippen LogP contribution in [0, 0.1) is 5.41 Å². The van der Waals surface area contributed by atoms with E-state index in [4.69, 9.17) is 0 Å². The van der Waals surface area contributed by atoms with Gasteiger partial charge in [-0.1, -0.05) is 67.5 Å². The summed E-state index contributed by atoms with van der Waals surface area (Å²) in [6.07, 6.45) is 4.30. The van der Waals surface area contributed by atoms with Crippen molar-refractivity contribution in [2.24, 2.45) is 5.41 Å². The Bertz CT molecular complexity index is 585. The monoisotopic (exact) mass is 425 g/mol. The quantitative estimate of drug-likeness (QED) is 0.420. The number of hydrogen-bond donors (Lipinski definition) is 2. The first-order valence-electron chi connectivity index (χ1n) is 10.9. The molecule has 1 atom stereocenters. The average Bonchev–Trinajstić information content (AvgIpc) is 2.64. The Balaban J connectivity index is 0. The van der Waals surface area contributed by atoms with E-state index >= 15 is 0 Å². The molecule has 1 unspecified atom stereocenters. The van der Waals surface area contributed by atoms with Crippen LogP contribution in [0.2, 0.25) is 0 Å². The summed E-state index contributed by atoms with van der Waals surface area (Å²) >= 11 is 0. The smallest absolute Gasteiger partial charge is 0.245 e. The Morgan fingerprint density at radius 1 is 1.07 bits per heavy atom. The maximum absolute atomic E-state index is 13.1. The molecule has 0 spiro atoms. The summed E-state index contributed by atoms with van der Waals surface area (Å²) in [4.78, 5) is 29.7. The molecule has 176 valence electrons. The molecule has 2 N–H and O–H groups in total. The molecular weight excluding hydrogens is 378 g/mol. The van der Waals surface area contributed by atoms with Gasteiger partial charge < -0.3 is 15.3 Å². The summed E-state index contributed by atoms with van der Waals surface area (Å²) in [7, 11) is 5.47. The van der Waals surface area contributed by atoms with Gasteiger partial charge in [0, 0.05) is 13.6 Å². The van der Waals surface area contributed by atoms with Gasteiger partial charge in [0.25, 0.3) is 0 Å². The van der Waals surface area contributed by atoms with E-state index in [-0.39, 0.29) is 17.6 Å². The molecule has 0 radical (unpaired) electrons. The van der Waals surface area contributed by atoms with E-state index in [1.54, 1.807) is 24.9 Å².